The van der Waals surface area contributed by atoms with Crippen molar-refractivity contribution in [3.05, 3.63) is 58.6 Å². The van der Waals surface area contributed by atoms with E-state index in [1.54, 1.807) is 31.4 Å². The van der Waals surface area contributed by atoms with Gasteiger partial charge in [-0.1, -0.05) is 29.3 Å². The second-order valence-electron chi connectivity index (χ2n) is 6.45. The maximum Gasteiger partial charge on any atom is 0.249 e. The van der Waals surface area contributed by atoms with Crippen LogP contribution in [0.2, 0.25) is 10.0 Å². The maximum atomic E-state index is 12.9. The van der Waals surface area contributed by atoms with Crippen LogP contribution in [-0.4, -0.2) is 28.7 Å². The number of ether oxygens (including phenoxy) is 1. The summed E-state index contributed by atoms with van der Waals surface area (Å²) in [7, 11) is 1.59. The van der Waals surface area contributed by atoms with Gasteiger partial charge in [0.1, 0.15) is 17.6 Å². The van der Waals surface area contributed by atoms with Crippen LogP contribution in [0, 0.1) is 0 Å². The lowest BCUT2D eigenvalue weighted by molar-refractivity contribution is -0.125. The zero-order chi connectivity index (χ0) is 20.5. The third kappa shape index (κ3) is 3.79. The van der Waals surface area contributed by atoms with Crippen LogP contribution in [0.25, 0.3) is 11.3 Å². The van der Waals surface area contributed by atoms with Crippen LogP contribution in [0.15, 0.2) is 48.5 Å². The fourth-order valence-electron chi connectivity index (χ4n) is 3.10. The molecule has 3 aromatic rings. The van der Waals surface area contributed by atoms with E-state index in [9.17, 15) is 9.59 Å². The van der Waals surface area contributed by atoms with Gasteiger partial charge in [0.15, 0.2) is 0 Å². The third-order valence-corrected chi connectivity index (χ3v) is 5.39. The number of aromatic nitrogens is 2. The molecule has 7 nitrogen and oxygen atoms in total. The first-order valence-electron chi connectivity index (χ1n) is 8.75. The molecular weight excluding hydrogens is 415 g/mol. The Morgan fingerprint density at radius 2 is 2.00 bits per heavy atom. The Bertz CT molecular complexity index is 1100. The van der Waals surface area contributed by atoms with Gasteiger partial charge in [0, 0.05) is 11.6 Å². The summed E-state index contributed by atoms with van der Waals surface area (Å²) in [4.78, 5) is 25.0. The molecule has 1 atom stereocenters. The highest BCUT2D eigenvalue weighted by molar-refractivity contribution is 6.44. The van der Waals surface area contributed by atoms with Gasteiger partial charge < -0.3 is 15.4 Å². The zero-order valence-electron chi connectivity index (χ0n) is 15.3. The van der Waals surface area contributed by atoms with Gasteiger partial charge in [-0.15, -0.1) is 0 Å². The Balaban J connectivity index is 1.64. The van der Waals surface area contributed by atoms with E-state index in [2.05, 4.69) is 15.7 Å². The number of nitrogens with zero attached hydrogens (tertiary/aromatic N) is 2. The first-order chi connectivity index (χ1) is 14.0. The van der Waals surface area contributed by atoms with Gasteiger partial charge in [-0.25, -0.2) is 4.68 Å². The van der Waals surface area contributed by atoms with E-state index in [0.717, 1.165) is 11.3 Å². The Morgan fingerprint density at radius 1 is 1.24 bits per heavy atom. The summed E-state index contributed by atoms with van der Waals surface area (Å²) in [6, 6.07) is 13.2. The Hall–Kier alpha value is -3.03. The lowest BCUT2D eigenvalue weighted by atomic mass is 10.1. The number of fused-ring (bicyclic) bond motifs is 1. The summed E-state index contributed by atoms with van der Waals surface area (Å²) in [6.07, 6.45) is -0.0409. The van der Waals surface area contributed by atoms with Crippen LogP contribution in [0.4, 0.5) is 11.5 Å². The highest BCUT2D eigenvalue weighted by Crippen LogP contribution is 2.33. The summed E-state index contributed by atoms with van der Waals surface area (Å²) >= 11 is 12.2. The molecule has 1 unspecified atom stereocenters. The van der Waals surface area contributed by atoms with E-state index in [4.69, 9.17) is 27.9 Å². The highest BCUT2D eigenvalue weighted by atomic mass is 35.5. The van der Waals surface area contributed by atoms with Gasteiger partial charge in [0.05, 0.1) is 35.0 Å². The molecule has 9 heteroatoms. The average Bonchev–Trinajstić information content (AvgIpc) is 3.14. The van der Waals surface area contributed by atoms with E-state index in [1.807, 2.05) is 24.3 Å². The number of nitrogens with one attached hydrogen (secondary N) is 2. The molecule has 4 rings (SSSR count). The van der Waals surface area contributed by atoms with Crippen molar-refractivity contribution < 1.29 is 14.3 Å². The fraction of sp³-hybridized carbons (Fsp3) is 0.150. The minimum Gasteiger partial charge on any atom is -0.497 e. The second-order valence-corrected chi connectivity index (χ2v) is 7.23. The molecule has 1 aromatic heterocycles. The van der Waals surface area contributed by atoms with Crippen molar-refractivity contribution in [2.75, 3.05) is 17.7 Å². The molecule has 0 radical (unpaired) electrons. The van der Waals surface area contributed by atoms with Crippen LogP contribution in [0.1, 0.15) is 12.5 Å². The van der Waals surface area contributed by atoms with Crippen LogP contribution in [0.3, 0.4) is 0 Å². The maximum absolute atomic E-state index is 12.9. The van der Waals surface area contributed by atoms with Crippen molar-refractivity contribution in [1.82, 2.24) is 9.78 Å². The van der Waals surface area contributed by atoms with Gasteiger partial charge in [0.25, 0.3) is 0 Å². The van der Waals surface area contributed by atoms with Gasteiger partial charge in [-0.05, 0) is 36.4 Å². The molecule has 1 aliphatic heterocycles. The molecule has 0 fully saturated rings. The van der Waals surface area contributed by atoms with Gasteiger partial charge >= 0.3 is 0 Å². The van der Waals surface area contributed by atoms with Crippen molar-refractivity contribution in [3.63, 3.8) is 0 Å². The largest absolute Gasteiger partial charge is 0.497 e. The molecule has 2 amide bonds. The molecule has 2 heterocycles. The molecule has 0 aliphatic carbocycles. The summed E-state index contributed by atoms with van der Waals surface area (Å²) < 4.78 is 6.68. The van der Waals surface area contributed by atoms with Crippen LogP contribution < -0.4 is 15.4 Å². The molecule has 148 valence electrons. The summed E-state index contributed by atoms with van der Waals surface area (Å²) in [6.45, 7) is 0. The molecule has 0 spiro atoms. The number of hydrogen-bond acceptors (Lipinski definition) is 4. The molecule has 1 aliphatic rings. The minimum atomic E-state index is -0.819. The van der Waals surface area contributed by atoms with E-state index in [1.165, 1.54) is 4.68 Å². The van der Waals surface area contributed by atoms with Crippen molar-refractivity contribution >= 4 is 46.5 Å². The van der Waals surface area contributed by atoms with E-state index in [0.29, 0.717) is 22.2 Å². The van der Waals surface area contributed by atoms with Crippen molar-refractivity contribution in [3.8, 4) is 17.0 Å². The van der Waals surface area contributed by atoms with Crippen LogP contribution in [-0.2, 0) is 9.59 Å². The second kappa shape index (κ2) is 7.77. The van der Waals surface area contributed by atoms with Crippen LogP contribution in [0.5, 0.6) is 5.75 Å². The highest BCUT2D eigenvalue weighted by Gasteiger charge is 2.32. The van der Waals surface area contributed by atoms with Gasteiger partial charge in [-0.3, -0.25) is 9.59 Å². The normalized spacial score (nSPS) is 15.4. The topological polar surface area (TPSA) is 85.2 Å². The van der Waals surface area contributed by atoms with Crippen molar-refractivity contribution in [2.45, 2.75) is 12.5 Å². The Labute approximate surface area is 176 Å². The Morgan fingerprint density at radius 3 is 2.72 bits per heavy atom. The number of hydrogen-bond donors (Lipinski definition) is 2. The van der Waals surface area contributed by atoms with E-state index < -0.39 is 11.9 Å². The number of methoxy groups -OCH3 is 1. The molecular formula is C20H16Cl2N4O3. The van der Waals surface area contributed by atoms with Gasteiger partial charge in [0.2, 0.25) is 11.8 Å². The van der Waals surface area contributed by atoms with Crippen molar-refractivity contribution in [2.24, 2.45) is 0 Å². The number of rotatable bonds is 4. The van der Waals surface area contributed by atoms with Crippen molar-refractivity contribution in [1.29, 1.82) is 0 Å². The predicted octanol–water partition coefficient (Wildman–Crippen LogP) is 4.39. The quantitative estimate of drug-likeness (QED) is 0.642. The molecule has 0 saturated heterocycles. The number of amides is 2. The standard InChI is InChI=1S/C20H16Cl2N4O3/c1-29-12-7-5-11(6-8-12)15-9-17-24-18(27)10-16(26(17)25-15)20(28)23-14-4-2-3-13(21)19(14)22/h2-9,16H,10H2,1H3,(H,23,28)(H,24,27). The van der Waals surface area contributed by atoms with E-state index in [-0.39, 0.29) is 17.4 Å². The lowest BCUT2D eigenvalue weighted by Crippen LogP contribution is -2.35. The first-order valence-corrected chi connectivity index (χ1v) is 9.50. The molecule has 0 saturated carbocycles. The predicted molar refractivity (Wildman–Crippen MR) is 112 cm³/mol. The lowest BCUT2D eigenvalue weighted by Gasteiger charge is -2.24. The van der Waals surface area contributed by atoms with Gasteiger partial charge in [-0.2, -0.15) is 5.10 Å². The summed E-state index contributed by atoms with van der Waals surface area (Å²) in [5.41, 5.74) is 1.83. The Kier molecular flexibility index (Phi) is 5.17. The zero-order valence-corrected chi connectivity index (χ0v) is 16.8. The fourth-order valence-corrected chi connectivity index (χ4v) is 3.45. The monoisotopic (exact) mass is 430 g/mol. The van der Waals surface area contributed by atoms with Crippen LogP contribution >= 0.6 is 23.2 Å². The molecule has 0 bridgehead atoms. The number of anilines is 2. The summed E-state index contributed by atoms with van der Waals surface area (Å²) in [5.74, 6) is 0.497. The number of halogens is 2. The molecule has 2 N–H and O–H groups in total. The number of carbonyl (C=O) groups is 2. The average molecular weight is 431 g/mol. The smallest absolute Gasteiger partial charge is 0.249 e. The molecule has 2 aromatic carbocycles. The minimum absolute atomic E-state index is 0.0409. The molecule has 29 heavy (non-hydrogen) atoms. The first kappa shape index (κ1) is 19.3. The third-order valence-electron chi connectivity index (χ3n) is 4.58. The van der Waals surface area contributed by atoms with E-state index >= 15 is 0 Å². The number of benzene rings is 2. The SMILES string of the molecule is COc1ccc(-c2cc3n(n2)C(C(=O)Nc2cccc(Cl)c2Cl)CC(=O)N3)cc1. The number of carbonyl (C=O) groups excluding carboxylic acids is 2. The summed E-state index contributed by atoms with van der Waals surface area (Å²) in [5, 5.41) is 10.6.